The van der Waals surface area contributed by atoms with Gasteiger partial charge in [0.1, 0.15) is 5.75 Å². The summed E-state index contributed by atoms with van der Waals surface area (Å²) in [6.07, 6.45) is 2.29. The third kappa shape index (κ3) is 2.55. The predicted molar refractivity (Wildman–Crippen MR) is 87.2 cm³/mol. The Morgan fingerprint density at radius 2 is 2.00 bits per heavy atom. The number of nitrogens with zero attached hydrogens (tertiary/aromatic N) is 1. The first-order valence-electron chi connectivity index (χ1n) is 6.89. The van der Waals surface area contributed by atoms with Crippen molar-refractivity contribution in [2.24, 2.45) is 0 Å². The summed E-state index contributed by atoms with van der Waals surface area (Å²) in [5.74, 6) is 0.941. The van der Waals surface area contributed by atoms with E-state index in [9.17, 15) is 0 Å². The molecular formula is C17H18BrNO. The molecule has 0 fully saturated rings. The topological polar surface area (TPSA) is 12.5 Å². The van der Waals surface area contributed by atoms with E-state index in [1.54, 1.807) is 7.11 Å². The van der Waals surface area contributed by atoms with Gasteiger partial charge in [0.25, 0.3) is 0 Å². The van der Waals surface area contributed by atoms with Gasteiger partial charge in [-0.3, -0.25) is 0 Å². The van der Waals surface area contributed by atoms with E-state index < -0.39 is 0 Å². The van der Waals surface area contributed by atoms with Gasteiger partial charge in [0.2, 0.25) is 0 Å². The second-order valence-electron chi connectivity index (χ2n) is 5.24. The van der Waals surface area contributed by atoms with Gasteiger partial charge >= 0.3 is 0 Å². The first kappa shape index (κ1) is 13.5. The van der Waals surface area contributed by atoms with Crippen molar-refractivity contribution < 1.29 is 4.74 Å². The summed E-state index contributed by atoms with van der Waals surface area (Å²) in [5.41, 5.74) is 5.20. The van der Waals surface area contributed by atoms with Crippen molar-refractivity contribution in [2.45, 2.75) is 19.8 Å². The number of hydrogen-bond acceptors (Lipinski definition) is 2. The molecule has 3 heteroatoms. The molecule has 0 aliphatic carbocycles. The van der Waals surface area contributed by atoms with Gasteiger partial charge in [-0.2, -0.15) is 0 Å². The molecule has 0 N–H and O–H groups in total. The van der Waals surface area contributed by atoms with Crippen LogP contribution >= 0.6 is 15.9 Å². The highest BCUT2D eigenvalue weighted by Gasteiger charge is 2.19. The van der Waals surface area contributed by atoms with E-state index in [1.165, 1.54) is 28.9 Å². The SMILES string of the molecule is COc1ccc2c(c1)CCCN2c1cc(C)cc(Br)c1. The minimum atomic E-state index is 0.941. The van der Waals surface area contributed by atoms with Crippen molar-refractivity contribution in [2.75, 3.05) is 18.6 Å². The number of methoxy groups -OCH3 is 1. The first-order valence-corrected chi connectivity index (χ1v) is 7.68. The van der Waals surface area contributed by atoms with Crippen LogP contribution in [0.5, 0.6) is 5.75 Å². The van der Waals surface area contributed by atoms with E-state index in [0.29, 0.717) is 0 Å². The molecule has 1 aliphatic rings. The summed E-state index contributed by atoms with van der Waals surface area (Å²) in [6, 6.07) is 12.9. The molecule has 20 heavy (non-hydrogen) atoms. The Labute approximate surface area is 128 Å². The van der Waals surface area contributed by atoms with Crippen molar-refractivity contribution in [3.63, 3.8) is 0 Å². The Hall–Kier alpha value is -1.48. The van der Waals surface area contributed by atoms with Crippen LogP contribution in [0, 0.1) is 6.92 Å². The number of rotatable bonds is 2. The zero-order valence-corrected chi connectivity index (χ0v) is 13.4. The lowest BCUT2D eigenvalue weighted by atomic mass is 10.0. The van der Waals surface area contributed by atoms with Crippen LogP contribution in [0.3, 0.4) is 0 Å². The summed E-state index contributed by atoms with van der Waals surface area (Å²) < 4.78 is 6.47. The average molecular weight is 332 g/mol. The highest BCUT2D eigenvalue weighted by molar-refractivity contribution is 9.10. The fourth-order valence-electron chi connectivity index (χ4n) is 2.84. The lowest BCUT2D eigenvalue weighted by molar-refractivity contribution is 0.414. The van der Waals surface area contributed by atoms with Gasteiger partial charge in [0.05, 0.1) is 7.11 Å². The largest absolute Gasteiger partial charge is 0.497 e. The molecule has 0 amide bonds. The second kappa shape index (κ2) is 5.49. The lowest BCUT2D eigenvalue weighted by Crippen LogP contribution is -2.24. The molecule has 104 valence electrons. The van der Waals surface area contributed by atoms with Gasteiger partial charge in [-0.05, 0) is 67.3 Å². The second-order valence-corrected chi connectivity index (χ2v) is 6.15. The number of aryl methyl sites for hydroxylation is 2. The van der Waals surface area contributed by atoms with Crippen LogP contribution < -0.4 is 9.64 Å². The smallest absolute Gasteiger partial charge is 0.119 e. The van der Waals surface area contributed by atoms with E-state index in [1.807, 2.05) is 6.07 Å². The van der Waals surface area contributed by atoms with Gasteiger partial charge in [-0.15, -0.1) is 0 Å². The molecular weight excluding hydrogens is 314 g/mol. The molecule has 0 saturated heterocycles. The van der Waals surface area contributed by atoms with E-state index in [-0.39, 0.29) is 0 Å². The fraction of sp³-hybridized carbons (Fsp3) is 0.294. The van der Waals surface area contributed by atoms with Crippen molar-refractivity contribution >= 4 is 27.3 Å². The zero-order chi connectivity index (χ0) is 14.1. The minimum absolute atomic E-state index is 0.941. The van der Waals surface area contributed by atoms with E-state index in [4.69, 9.17) is 4.74 Å². The van der Waals surface area contributed by atoms with Crippen molar-refractivity contribution in [3.8, 4) is 5.75 Å². The Bertz CT molecular complexity index is 619. The van der Waals surface area contributed by atoms with E-state index in [0.717, 1.165) is 23.2 Å². The molecule has 2 nitrogen and oxygen atoms in total. The molecule has 0 saturated carbocycles. The van der Waals surface area contributed by atoms with Gasteiger partial charge in [-0.25, -0.2) is 0 Å². The third-order valence-electron chi connectivity index (χ3n) is 3.74. The van der Waals surface area contributed by atoms with Crippen LogP contribution in [0.1, 0.15) is 17.5 Å². The Morgan fingerprint density at radius 3 is 2.75 bits per heavy atom. The Balaban J connectivity index is 2.05. The summed E-state index contributed by atoms with van der Waals surface area (Å²) in [7, 11) is 1.72. The molecule has 1 aliphatic heterocycles. The monoisotopic (exact) mass is 331 g/mol. The summed E-state index contributed by atoms with van der Waals surface area (Å²) in [5, 5.41) is 0. The van der Waals surface area contributed by atoms with Gasteiger partial charge in [0.15, 0.2) is 0 Å². The van der Waals surface area contributed by atoms with Gasteiger partial charge in [0, 0.05) is 22.4 Å². The van der Waals surface area contributed by atoms with Crippen molar-refractivity contribution in [1.29, 1.82) is 0 Å². The molecule has 2 aromatic rings. The fourth-order valence-corrected chi connectivity index (χ4v) is 3.44. The minimum Gasteiger partial charge on any atom is -0.497 e. The van der Waals surface area contributed by atoms with Crippen LogP contribution in [-0.4, -0.2) is 13.7 Å². The van der Waals surface area contributed by atoms with Crippen molar-refractivity contribution in [1.82, 2.24) is 0 Å². The molecule has 0 bridgehead atoms. The lowest BCUT2D eigenvalue weighted by Gasteiger charge is -2.32. The molecule has 2 aromatic carbocycles. The van der Waals surface area contributed by atoms with Crippen LogP contribution in [0.2, 0.25) is 0 Å². The van der Waals surface area contributed by atoms with Crippen LogP contribution in [0.4, 0.5) is 11.4 Å². The van der Waals surface area contributed by atoms with Crippen LogP contribution in [0.25, 0.3) is 0 Å². The van der Waals surface area contributed by atoms with E-state index in [2.05, 4.69) is 58.1 Å². The number of benzene rings is 2. The highest BCUT2D eigenvalue weighted by Crippen LogP contribution is 2.36. The summed E-state index contributed by atoms with van der Waals surface area (Å²) in [4.78, 5) is 2.40. The Morgan fingerprint density at radius 1 is 1.15 bits per heavy atom. The molecule has 3 rings (SSSR count). The van der Waals surface area contributed by atoms with Crippen molar-refractivity contribution in [3.05, 3.63) is 52.0 Å². The molecule has 0 unspecified atom stereocenters. The zero-order valence-electron chi connectivity index (χ0n) is 11.8. The average Bonchev–Trinajstić information content (AvgIpc) is 2.45. The maximum Gasteiger partial charge on any atom is 0.119 e. The highest BCUT2D eigenvalue weighted by atomic mass is 79.9. The third-order valence-corrected chi connectivity index (χ3v) is 4.20. The maximum absolute atomic E-state index is 5.33. The predicted octanol–water partition coefficient (Wildman–Crippen LogP) is 4.85. The molecule has 0 atom stereocenters. The quantitative estimate of drug-likeness (QED) is 0.779. The maximum atomic E-state index is 5.33. The summed E-state index contributed by atoms with van der Waals surface area (Å²) >= 11 is 3.60. The Kier molecular flexibility index (Phi) is 3.70. The number of fused-ring (bicyclic) bond motifs is 1. The molecule has 0 radical (unpaired) electrons. The van der Waals surface area contributed by atoms with Crippen LogP contribution in [-0.2, 0) is 6.42 Å². The van der Waals surface area contributed by atoms with Gasteiger partial charge in [-0.1, -0.05) is 15.9 Å². The number of ether oxygens (including phenoxy) is 1. The number of hydrogen-bond donors (Lipinski definition) is 0. The standard InChI is InChI=1S/C17H18BrNO/c1-12-8-14(18)11-15(9-12)19-7-3-4-13-10-16(20-2)5-6-17(13)19/h5-6,8-11H,3-4,7H2,1-2H3. The van der Waals surface area contributed by atoms with Gasteiger partial charge < -0.3 is 9.64 Å². The normalized spacial score (nSPS) is 14.1. The number of halogens is 1. The molecule has 1 heterocycles. The molecule has 0 spiro atoms. The summed E-state index contributed by atoms with van der Waals surface area (Å²) in [6.45, 7) is 3.20. The number of anilines is 2. The first-order chi connectivity index (χ1) is 9.67. The van der Waals surface area contributed by atoms with Crippen LogP contribution in [0.15, 0.2) is 40.9 Å². The molecule has 0 aromatic heterocycles. The van der Waals surface area contributed by atoms with E-state index >= 15 is 0 Å².